The van der Waals surface area contributed by atoms with Gasteiger partial charge in [-0.3, -0.25) is 0 Å². The molecule has 3 rings (SSSR count). The molecule has 6 heteroatoms. The Balaban J connectivity index is 1.45. The Bertz CT molecular complexity index is 642. The predicted molar refractivity (Wildman–Crippen MR) is 85.7 cm³/mol. The van der Waals surface area contributed by atoms with Crippen molar-refractivity contribution in [2.45, 2.75) is 26.0 Å². The minimum Gasteiger partial charge on any atom is -0.439 e. The summed E-state index contributed by atoms with van der Waals surface area (Å²) in [5.41, 5.74) is 0.913. The second-order valence-corrected chi connectivity index (χ2v) is 5.74. The van der Waals surface area contributed by atoms with Crippen LogP contribution in [0.4, 0.5) is 4.79 Å². The van der Waals surface area contributed by atoms with Crippen molar-refractivity contribution in [2.75, 3.05) is 13.2 Å². The number of nitrogens with zero attached hydrogens (tertiary/aromatic N) is 1. The van der Waals surface area contributed by atoms with E-state index in [4.69, 9.17) is 9.15 Å². The number of benzene rings is 1. The van der Waals surface area contributed by atoms with E-state index >= 15 is 0 Å². The van der Waals surface area contributed by atoms with E-state index < -0.39 is 0 Å². The van der Waals surface area contributed by atoms with Crippen LogP contribution in [0.1, 0.15) is 19.1 Å². The molecular formula is C17H21N3O3. The zero-order valence-corrected chi connectivity index (χ0v) is 13.1. The molecule has 1 saturated heterocycles. The Kier molecular flexibility index (Phi) is 4.92. The number of carbonyl (C=O) groups is 1. The zero-order valence-electron chi connectivity index (χ0n) is 13.1. The maximum absolute atomic E-state index is 11.8. The Morgan fingerprint density at radius 2 is 2.13 bits per heavy atom. The number of rotatable bonds is 5. The number of aromatic nitrogens is 1. The second kappa shape index (κ2) is 7.28. The van der Waals surface area contributed by atoms with Crippen LogP contribution in [0.15, 0.2) is 40.9 Å². The normalized spacial score (nSPS) is 20.4. The molecule has 1 aromatic carbocycles. The molecule has 2 atom stereocenters. The lowest BCUT2D eigenvalue weighted by Crippen LogP contribution is -2.40. The first-order chi connectivity index (χ1) is 11.2. The molecule has 0 bridgehead atoms. The summed E-state index contributed by atoms with van der Waals surface area (Å²) in [6, 6.07) is 9.42. The van der Waals surface area contributed by atoms with E-state index in [0.717, 1.165) is 18.6 Å². The molecule has 0 saturated carbocycles. The van der Waals surface area contributed by atoms with Crippen molar-refractivity contribution in [3.05, 3.63) is 42.3 Å². The lowest BCUT2D eigenvalue weighted by molar-refractivity contribution is 0.0949. The van der Waals surface area contributed by atoms with Crippen molar-refractivity contribution in [3.8, 4) is 11.5 Å². The molecule has 1 aliphatic rings. The number of oxazole rings is 1. The number of hydrogen-bond acceptors (Lipinski definition) is 4. The van der Waals surface area contributed by atoms with E-state index in [2.05, 4.69) is 22.5 Å². The molecule has 2 heterocycles. The smallest absolute Gasteiger partial charge is 0.315 e. The number of amides is 2. The van der Waals surface area contributed by atoms with Crippen molar-refractivity contribution in [3.63, 3.8) is 0 Å². The van der Waals surface area contributed by atoms with Crippen LogP contribution in [0, 0.1) is 5.92 Å². The van der Waals surface area contributed by atoms with Crippen molar-refractivity contribution >= 4 is 6.03 Å². The number of carbonyl (C=O) groups excluding carboxylic acids is 1. The van der Waals surface area contributed by atoms with E-state index in [0.29, 0.717) is 30.7 Å². The molecule has 1 aliphatic heterocycles. The van der Waals surface area contributed by atoms with E-state index in [1.54, 1.807) is 6.20 Å². The number of nitrogens with one attached hydrogen (secondary N) is 2. The van der Waals surface area contributed by atoms with Gasteiger partial charge in [-0.05, 0) is 24.5 Å². The fraction of sp³-hybridized carbons (Fsp3) is 0.412. The van der Waals surface area contributed by atoms with Crippen molar-refractivity contribution in [1.29, 1.82) is 0 Å². The molecule has 1 aromatic heterocycles. The SMILES string of the molecule is C[C@@H]1CCO[C@@H]1CNC(=O)NCc1cnc(-c2ccccc2)o1. The summed E-state index contributed by atoms with van der Waals surface area (Å²) in [6.45, 7) is 3.73. The summed E-state index contributed by atoms with van der Waals surface area (Å²) < 4.78 is 11.2. The minimum atomic E-state index is -0.231. The van der Waals surface area contributed by atoms with Gasteiger partial charge in [0.05, 0.1) is 18.8 Å². The van der Waals surface area contributed by atoms with E-state index in [-0.39, 0.29) is 12.1 Å². The molecule has 0 spiro atoms. The molecule has 2 aromatic rings. The monoisotopic (exact) mass is 315 g/mol. The van der Waals surface area contributed by atoms with Gasteiger partial charge in [0.1, 0.15) is 5.76 Å². The lowest BCUT2D eigenvalue weighted by Gasteiger charge is -2.15. The Hall–Kier alpha value is -2.34. The van der Waals surface area contributed by atoms with Gasteiger partial charge in [0.25, 0.3) is 0 Å². The van der Waals surface area contributed by atoms with Crippen LogP contribution in [-0.4, -0.2) is 30.3 Å². The van der Waals surface area contributed by atoms with Crippen LogP contribution in [0.5, 0.6) is 0 Å². The van der Waals surface area contributed by atoms with Gasteiger partial charge < -0.3 is 19.8 Å². The summed E-state index contributed by atoms with van der Waals surface area (Å²) >= 11 is 0. The van der Waals surface area contributed by atoms with Gasteiger partial charge in [0.2, 0.25) is 5.89 Å². The molecule has 23 heavy (non-hydrogen) atoms. The number of ether oxygens (including phenoxy) is 1. The Labute approximate surface area is 135 Å². The highest BCUT2D eigenvalue weighted by molar-refractivity contribution is 5.73. The van der Waals surface area contributed by atoms with Gasteiger partial charge >= 0.3 is 6.03 Å². The minimum absolute atomic E-state index is 0.107. The van der Waals surface area contributed by atoms with E-state index in [9.17, 15) is 4.79 Å². The third kappa shape index (κ3) is 4.10. The van der Waals surface area contributed by atoms with Gasteiger partial charge in [-0.25, -0.2) is 9.78 Å². The molecule has 0 radical (unpaired) electrons. The van der Waals surface area contributed by atoms with Gasteiger partial charge in [-0.15, -0.1) is 0 Å². The summed E-state index contributed by atoms with van der Waals surface area (Å²) in [4.78, 5) is 16.0. The average Bonchev–Trinajstić information content (AvgIpc) is 3.21. The van der Waals surface area contributed by atoms with Crippen LogP contribution in [-0.2, 0) is 11.3 Å². The molecular weight excluding hydrogens is 294 g/mol. The zero-order chi connectivity index (χ0) is 16.1. The molecule has 6 nitrogen and oxygen atoms in total. The van der Waals surface area contributed by atoms with E-state index in [1.807, 2.05) is 30.3 Å². The first-order valence-electron chi connectivity index (χ1n) is 7.86. The highest BCUT2D eigenvalue weighted by Gasteiger charge is 2.24. The molecule has 122 valence electrons. The van der Waals surface area contributed by atoms with Gasteiger partial charge in [0.15, 0.2) is 0 Å². The van der Waals surface area contributed by atoms with Crippen molar-refractivity contribution < 1.29 is 13.9 Å². The second-order valence-electron chi connectivity index (χ2n) is 5.74. The standard InChI is InChI=1S/C17H21N3O3/c1-12-7-8-22-15(12)11-20-17(21)19-10-14-9-18-16(23-14)13-5-3-2-4-6-13/h2-6,9,12,15H,7-8,10-11H2,1H3,(H2,19,20,21)/t12-,15-/m1/s1. The van der Waals surface area contributed by atoms with Crippen molar-refractivity contribution in [1.82, 2.24) is 15.6 Å². The first kappa shape index (κ1) is 15.6. The quantitative estimate of drug-likeness (QED) is 0.889. The summed E-state index contributed by atoms with van der Waals surface area (Å²) in [6.07, 6.45) is 2.79. The molecule has 2 N–H and O–H groups in total. The summed E-state index contributed by atoms with van der Waals surface area (Å²) in [5, 5.41) is 5.59. The van der Waals surface area contributed by atoms with Gasteiger partial charge in [-0.1, -0.05) is 25.1 Å². The summed E-state index contributed by atoms with van der Waals surface area (Å²) in [5.74, 6) is 1.65. The maximum Gasteiger partial charge on any atom is 0.315 e. The van der Waals surface area contributed by atoms with E-state index in [1.165, 1.54) is 0 Å². The third-order valence-electron chi connectivity index (χ3n) is 4.00. The molecule has 2 amide bonds. The highest BCUT2D eigenvalue weighted by Crippen LogP contribution is 2.19. The number of hydrogen-bond donors (Lipinski definition) is 2. The fourth-order valence-electron chi connectivity index (χ4n) is 2.54. The van der Waals surface area contributed by atoms with Crippen LogP contribution < -0.4 is 10.6 Å². The predicted octanol–water partition coefficient (Wildman–Crippen LogP) is 2.57. The van der Waals surface area contributed by atoms with Gasteiger partial charge in [0, 0.05) is 18.7 Å². The Morgan fingerprint density at radius 3 is 2.87 bits per heavy atom. The maximum atomic E-state index is 11.8. The Morgan fingerprint density at radius 1 is 1.30 bits per heavy atom. The highest BCUT2D eigenvalue weighted by atomic mass is 16.5. The molecule has 1 fully saturated rings. The molecule has 0 unspecified atom stereocenters. The lowest BCUT2D eigenvalue weighted by atomic mass is 10.0. The van der Waals surface area contributed by atoms with Gasteiger partial charge in [-0.2, -0.15) is 0 Å². The topological polar surface area (TPSA) is 76.4 Å². The third-order valence-corrected chi connectivity index (χ3v) is 4.00. The first-order valence-corrected chi connectivity index (χ1v) is 7.86. The van der Waals surface area contributed by atoms with Crippen molar-refractivity contribution in [2.24, 2.45) is 5.92 Å². The van der Waals surface area contributed by atoms with Crippen LogP contribution >= 0.6 is 0 Å². The van der Waals surface area contributed by atoms with Crippen LogP contribution in [0.2, 0.25) is 0 Å². The number of urea groups is 1. The van der Waals surface area contributed by atoms with Crippen LogP contribution in [0.3, 0.4) is 0 Å². The largest absolute Gasteiger partial charge is 0.439 e. The van der Waals surface area contributed by atoms with Crippen LogP contribution in [0.25, 0.3) is 11.5 Å². The summed E-state index contributed by atoms with van der Waals surface area (Å²) in [7, 11) is 0. The molecule has 0 aliphatic carbocycles. The average molecular weight is 315 g/mol. The fourth-order valence-corrected chi connectivity index (χ4v) is 2.54.